The van der Waals surface area contributed by atoms with Crippen LogP contribution in [-0.4, -0.2) is 32.2 Å². The summed E-state index contributed by atoms with van der Waals surface area (Å²) in [6.07, 6.45) is 2.81. The molecule has 0 bridgehead atoms. The molecule has 7 nitrogen and oxygen atoms in total. The summed E-state index contributed by atoms with van der Waals surface area (Å²) in [7, 11) is 0. The van der Waals surface area contributed by atoms with Gasteiger partial charge in [-0.15, -0.1) is 0 Å². The Morgan fingerprint density at radius 3 is 2.95 bits per heavy atom. The minimum absolute atomic E-state index is 0.0526. The van der Waals surface area contributed by atoms with Gasteiger partial charge in [0.05, 0.1) is 0 Å². The van der Waals surface area contributed by atoms with E-state index in [4.69, 9.17) is 5.73 Å². The first-order chi connectivity index (χ1) is 9.72. The highest BCUT2D eigenvalue weighted by Crippen LogP contribution is 2.20. The van der Waals surface area contributed by atoms with Crippen LogP contribution in [0, 0.1) is 0 Å². The molecule has 0 saturated heterocycles. The van der Waals surface area contributed by atoms with Crippen molar-refractivity contribution in [2.24, 2.45) is 0 Å². The van der Waals surface area contributed by atoms with Crippen molar-refractivity contribution in [2.75, 3.05) is 5.73 Å². The van der Waals surface area contributed by atoms with Crippen molar-refractivity contribution in [3.05, 3.63) is 35.4 Å². The monoisotopic (exact) mass is 272 g/mol. The zero-order valence-corrected chi connectivity index (χ0v) is 11.0. The molecule has 1 aliphatic rings. The number of nitrogens with zero attached hydrogens (tertiary/aromatic N) is 4. The van der Waals surface area contributed by atoms with Crippen molar-refractivity contribution in [2.45, 2.75) is 31.8 Å². The molecule has 3 rings (SSSR count). The lowest BCUT2D eigenvalue weighted by atomic mass is 9.88. The van der Waals surface area contributed by atoms with Crippen molar-refractivity contribution in [1.29, 1.82) is 0 Å². The van der Waals surface area contributed by atoms with E-state index >= 15 is 0 Å². The molecule has 20 heavy (non-hydrogen) atoms. The zero-order valence-electron chi connectivity index (χ0n) is 11.0. The van der Waals surface area contributed by atoms with Gasteiger partial charge in [0.1, 0.15) is 6.54 Å². The smallest absolute Gasteiger partial charge is 0.242 e. The van der Waals surface area contributed by atoms with Gasteiger partial charge in [0.25, 0.3) is 0 Å². The molecule has 1 aromatic heterocycles. The Bertz CT molecular complexity index is 623. The number of hydrogen-bond acceptors (Lipinski definition) is 5. The third-order valence-corrected chi connectivity index (χ3v) is 3.56. The van der Waals surface area contributed by atoms with Gasteiger partial charge in [-0.1, -0.05) is 29.4 Å². The van der Waals surface area contributed by atoms with E-state index in [0.29, 0.717) is 0 Å². The summed E-state index contributed by atoms with van der Waals surface area (Å²) < 4.78 is 1.28. The Balaban J connectivity index is 1.59. The number of rotatable bonds is 3. The highest BCUT2D eigenvalue weighted by molar-refractivity contribution is 5.76. The lowest BCUT2D eigenvalue weighted by Crippen LogP contribution is -2.40. The number of carbonyl (C=O) groups is 1. The van der Waals surface area contributed by atoms with Gasteiger partial charge in [-0.25, -0.2) is 4.68 Å². The van der Waals surface area contributed by atoms with Gasteiger partial charge in [-0.05, 0) is 40.8 Å². The van der Waals surface area contributed by atoms with Gasteiger partial charge >= 0.3 is 0 Å². The van der Waals surface area contributed by atoms with E-state index in [1.165, 1.54) is 15.8 Å². The quantitative estimate of drug-likeness (QED) is 0.815. The van der Waals surface area contributed by atoms with E-state index in [9.17, 15) is 4.79 Å². The minimum Gasteiger partial charge on any atom is -0.367 e. The lowest BCUT2D eigenvalue weighted by molar-refractivity contribution is -0.122. The Labute approximate surface area is 116 Å². The van der Waals surface area contributed by atoms with E-state index in [1.54, 1.807) is 0 Å². The second kappa shape index (κ2) is 5.28. The molecule has 0 spiro atoms. The average molecular weight is 272 g/mol. The standard InChI is InChI=1S/C13H16N6O/c14-13-16-17-18-19(13)8-12(20)15-11-6-5-9-3-1-2-4-10(9)7-11/h1-4,11H,5-8H2,(H,15,20)(H2,14,16,18). The van der Waals surface area contributed by atoms with Crippen LogP contribution in [0.2, 0.25) is 0 Å². The molecule has 1 atom stereocenters. The van der Waals surface area contributed by atoms with Crippen molar-refractivity contribution < 1.29 is 4.79 Å². The number of aryl methyl sites for hydroxylation is 1. The van der Waals surface area contributed by atoms with E-state index < -0.39 is 0 Å². The normalized spacial score (nSPS) is 17.5. The van der Waals surface area contributed by atoms with E-state index in [-0.39, 0.29) is 24.4 Å². The van der Waals surface area contributed by atoms with Gasteiger partial charge in [0.2, 0.25) is 11.9 Å². The molecule has 7 heteroatoms. The van der Waals surface area contributed by atoms with Gasteiger partial charge in [-0.3, -0.25) is 4.79 Å². The molecule has 1 unspecified atom stereocenters. The molecule has 0 aliphatic heterocycles. The fourth-order valence-electron chi connectivity index (χ4n) is 2.55. The predicted octanol–water partition coefficient (Wildman–Crippen LogP) is -0.0710. The highest BCUT2D eigenvalue weighted by Gasteiger charge is 2.20. The number of benzene rings is 1. The molecule has 104 valence electrons. The molecule has 0 fully saturated rings. The Morgan fingerprint density at radius 1 is 1.40 bits per heavy atom. The van der Waals surface area contributed by atoms with Gasteiger partial charge in [0.15, 0.2) is 0 Å². The van der Waals surface area contributed by atoms with Crippen molar-refractivity contribution >= 4 is 11.9 Å². The van der Waals surface area contributed by atoms with Crippen molar-refractivity contribution in [1.82, 2.24) is 25.5 Å². The van der Waals surface area contributed by atoms with Crippen LogP contribution in [0.3, 0.4) is 0 Å². The van der Waals surface area contributed by atoms with Crippen LogP contribution in [0.4, 0.5) is 5.95 Å². The number of tetrazole rings is 1. The number of hydrogen-bond donors (Lipinski definition) is 2. The minimum atomic E-state index is -0.117. The first-order valence-corrected chi connectivity index (χ1v) is 6.60. The average Bonchev–Trinajstić information content (AvgIpc) is 2.84. The maximum Gasteiger partial charge on any atom is 0.242 e. The Morgan fingerprint density at radius 2 is 2.20 bits per heavy atom. The summed E-state index contributed by atoms with van der Waals surface area (Å²) in [5, 5.41) is 13.6. The van der Waals surface area contributed by atoms with Crippen molar-refractivity contribution in [3.63, 3.8) is 0 Å². The predicted molar refractivity (Wildman–Crippen MR) is 72.6 cm³/mol. The fraction of sp³-hybridized carbons (Fsp3) is 0.385. The van der Waals surface area contributed by atoms with Crippen LogP contribution in [0.5, 0.6) is 0 Å². The highest BCUT2D eigenvalue weighted by atomic mass is 16.2. The number of nitrogens with two attached hydrogens (primary N) is 1. The first kappa shape index (κ1) is 12.6. The molecule has 1 aliphatic carbocycles. The fourth-order valence-corrected chi connectivity index (χ4v) is 2.55. The second-order valence-electron chi connectivity index (χ2n) is 4.97. The van der Waals surface area contributed by atoms with E-state index in [0.717, 1.165) is 19.3 Å². The Hall–Kier alpha value is -2.44. The molecule has 1 amide bonds. The summed E-state index contributed by atoms with van der Waals surface area (Å²) in [6.45, 7) is 0.0526. The number of carbonyl (C=O) groups excluding carboxylic acids is 1. The van der Waals surface area contributed by atoms with Gasteiger partial charge < -0.3 is 11.1 Å². The van der Waals surface area contributed by atoms with Crippen LogP contribution in [0.1, 0.15) is 17.5 Å². The van der Waals surface area contributed by atoms with Crippen molar-refractivity contribution in [3.8, 4) is 0 Å². The molecule has 0 radical (unpaired) electrons. The molecule has 0 saturated carbocycles. The van der Waals surface area contributed by atoms with Crippen LogP contribution >= 0.6 is 0 Å². The number of nitrogen functional groups attached to an aromatic ring is 1. The number of nitrogens with one attached hydrogen (secondary N) is 1. The number of fused-ring (bicyclic) bond motifs is 1. The van der Waals surface area contributed by atoms with Crippen LogP contribution < -0.4 is 11.1 Å². The van der Waals surface area contributed by atoms with Crippen LogP contribution in [0.15, 0.2) is 24.3 Å². The van der Waals surface area contributed by atoms with Crippen LogP contribution in [-0.2, 0) is 24.2 Å². The first-order valence-electron chi connectivity index (χ1n) is 6.60. The van der Waals surface area contributed by atoms with Gasteiger partial charge in [-0.2, -0.15) is 0 Å². The summed E-state index contributed by atoms with van der Waals surface area (Å²) in [4.78, 5) is 12.0. The number of amides is 1. The summed E-state index contributed by atoms with van der Waals surface area (Å²) >= 11 is 0. The molecule has 3 N–H and O–H groups in total. The van der Waals surface area contributed by atoms with Gasteiger partial charge in [0, 0.05) is 6.04 Å². The SMILES string of the molecule is Nc1nnnn1CC(=O)NC1CCc2ccccc2C1. The third-order valence-electron chi connectivity index (χ3n) is 3.56. The third kappa shape index (κ3) is 2.61. The number of aromatic nitrogens is 4. The molecule has 1 heterocycles. The maximum absolute atomic E-state index is 12.0. The Kier molecular flexibility index (Phi) is 3.32. The molecular weight excluding hydrogens is 256 g/mol. The summed E-state index contributed by atoms with van der Waals surface area (Å²) in [6, 6.07) is 8.51. The van der Waals surface area contributed by atoms with E-state index in [1.807, 2.05) is 6.07 Å². The van der Waals surface area contributed by atoms with Crippen LogP contribution in [0.25, 0.3) is 0 Å². The largest absolute Gasteiger partial charge is 0.367 e. The maximum atomic E-state index is 12.0. The summed E-state index contributed by atoms with van der Waals surface area (Å²) in [5.41, 5.74) is 8.22. The number of anilines is 1. The lowest BCUT2D eigenvalue weighted by Gasteiger charge is -2.25. The second-order valence-corrected chi connectivity index (χ2v) is 4.97. The van der Waals surface area contributed by atoms with E-state index in [2.05, 4.69) is 39.0 Å². The molecule has 2 aromatic rings. The zero-order chi connectivity index (χ0) is 13.9. The molecular formula is C13H16N6O. The molecule has 1 aromatic carbocycles. The summed E-state index contributed by atoms with van der Waals surface area (Å²) in [5.74, 6) is 0.0301. The topological polar surface area (TPSA) is 98.7 Å².